The number of carbonyl (C=O) groups is 4. The maximum absolute atomic E-state index is 12.7. The first-order chi connectivity index (χ1) is 27.7. The number of carbonyl (C=O) groups excluding carboxylic acids is 4. The Hall–Kier alpha value is -5.24. The molecule has 0 fully saturated rings. The smallest absolute Gasteiger partial charge is 0.343 e. The lowest BCUT2D eigenvalue weighted by Crippen LogP contribution is -2.23. The molecule has 0 aliphatic rings. The molecule has 8 nitrogen and oxygen atoms in total. The van der Waals surface area contributed by atoms with Crippen LogP contribution in [0.5, 0.6) is 23.0 Å². The van der Waals surface area contributed by atoms with Crippen LogP contribution in [-0.4, -0.2) is 23.9 Å². The highest BCUT2D eigenvalue weighted by molar-refractivity contribution is 5.91. The molecule has 4 aromatic carbocycles. The van der Waals surface area contributed by atoms with E-state index in [9.17, 15) is 19.2 Å². The monoisotopic (exact) mass is 776 g/mol. The molecule has 0 aromatic heterocycles. The molecule has 0 bridgehead atoms. The minimum absolute atomic E-state index is 0.210. The van der Waals surface area contributed by atoms with Crippen molar-refractivity contribution >= 4 is 23.9 Å². The van der Waals surface area contributed by atoms with Gasteiger partial charge < -0.3 is 18.9 Å². The Bertz CT molecular complexity index is 1790. The van der Waals surface area contributed by atoms with E-state index in [0.717, 1.165) is 25.7 Å². The lowest BCUT2D eigenvalue weighted by Gasteiger charge is -2.12. The fourth-order valence-electron chi connectivity index (χ4n) is 6.39. The molecule has 8 heteroatoms. The van der Waals surface area contributed by atoms with Crippen LogP contribution < -0.4 is 18.9 Å². The zero-order chi connectivity index (χ0) is 40.7. The molecule has 1 atom stereocenters. The molecule has 304 valence electrons. The molecule has 0 radical (unpaired) electrons. The Morgan fingerprint density at radius 3 is 1.14 bits per heavy atom. The summed E-state index contributed by atoms with van der Waals surface area (Å²) >= 11 is 0. The van der Waals surface area contributed by atoms with Gasteiger partial charge in [-0.3, -0.25) is 9.59 Å². The number of aryl methyl sites for hydroxylation is 2. The maximum Gasteiger partial charge on any atom is 0.343 e. The molecule has 0 spiro atoms. The fourth-order valence-corrected chi connectivity index (χ4v) is 6.39. The molecule has 0 aliphatic heterocycles. The summed E-state index contributed by atoms with van der Waals surface area (Å²) in [7, 11) is 0. The van der Waals surface area contributed by atoms with Crippen LogP contribution in [0.25, 0.3) is 0 Å². The zero-order valence-corrected chi connectivity index (χ0v) is 34.1. The van der Waals surface area contributed by atoms with Crippen molar-refractivity contribution < 1.29 is 38.1 Å². The molecular weight excluding hydrogens is 717 g/mol. The third-order valence-corrected chi connectivity index (χ3v) is 9.91. The van der Waals surface area contributed by atoms with Crippen LogP contribution in [0.1, 0.15) is 149 Å². The van der Waals surface area contributed by atoms with Gasteiger partial charge in [0.25, 0.3) is 0 Å². The summed E-state index contributed by atoms with van der Waals surface area (Å²) in [6.07, 6.45) is 19.4. The summed E-state index contributed by atoms with van der Waals surface area (Å²) < 4.78 is 21.9. The average Bonchev–Trinajstić information content (AvgIpc) is 3.22. The van der Waals surface area contributed by atoms with E-state index < -0.39 is 29.8 Å². The van der Waals surface area contributed by atoms with Crippen molar-refractivity contribution in [2.24, 2.45) is 5.92 Å². The molecule has 1 unspecified atom stereocenters. The van der Waals surface area contributed by atoms with Crippen molar-refractivity contribution in [1.29, 1.82) is 0 Å². The summed E-state index contributed by atoms with van der Waals surface area (Å²) in [5.41, 5.74) is 3.32. The first kappa shape index (κ1) is 44.5. The van der Waals surface area contributed by atoms with Gasteiger partial charge in [0.1, 0.15) is 23.0 Å². The second kappa shape index (κ2) is 25.1. The normalized spacial score (nSPS) is 11.4. The van der Waals surface area contributed by atoms with Crippen LogP contribution in [0.3, 0.4) is 0 Å². The first-order valence-corrected chi connectivity index (χ1v) is 21.0. The van der Waals surface area contributed by atoms with Gasteiger partial charge in [0.15, 0.2) is 0 Å². The molecule has 0 N–H and O–H groups in total. The number of unbranched alkanes of at least 4 members (excludes halogenated alkanes) is 12. The van der Waals surface area contributed by atoms with Crippen molar-refractivity contribution in [2.75, 3.05) is 0 Å². The van der Waals surface area contributed by atoms with E-state index in [4.69, 9.17) is 18.9 Å². The molecule has 0 amide bonds. The van der Waals surface area contributed by atoms with E-state index in [1.54, 1.807) is 55.5 Å². The Balaban J connectivity index is 1.13. The fraction of sp³-hybridized carbons (Fsp3) is 0.429. The summed E-state index contributed by atoms with van der Waals surface area (Å²) in [5, 5.41) is 0. The molecule has 4 rings (SSSR count). The quantitative estimate of drug-likeness (QED) is 0.0372. The van der Waals surface area contributed by atoms with Crippen molar-refractivity contribution in [1.82, 2.24) is 0 Å². The lowest BCUT2D eigenvalue weighted by atomic mass is 10.0. The van der Waals surface area contributed by atoms with E-state index in [1.165, 1.54) is 112 Å². The van der Waals surface area contributed by atoms with Crippen molar-refractivity contribution in [3.05, 3.63) is 119 Å². The Morgan fingerprint density at radius 2 is 0.754 bits per heavy atom. The van der Waals surface area contributed by atoms with E-state index in [2.05, 4.69) is 13.8 Å². The number of esters is 4. The molecule has 0 aliphatic carbocycles. The predicted octanol–water partition coefficient (Wildman–Crippen LogP) is 12.2. The second-order valence-corrected chi connectivity index (χ2v) is 14.9. The predicted molar refractivity (Wildman–Crippen MR) is 224 cm³/mol. The van der Waals surface area contributed by atoms with Gasteiger partial charge in [-0.05, 0) is 110 Å². The third kappa shape index (κ3) is 16.8. The molecule has 57 heavy (non-hydrogen) atoms. The van der Waals surface area contributed by atoms with Crippen molar-refractivity contribution in [3.8, 4) is 23.0 Å². The van der Waals surface area contributed by atoms with Crippen LogP contribution in [-0.2, 0) is 22.4 Å². The van der Waals surface area contributed by atoms with Gasteiger partial charge in [-0.2, -0.15) is 0 Å². The van der Waals surface area contributed by atoms with Crippen molar-refractivity contribution in [3.63, 3.8) is 0 Å². The number of hydrogen-bond donors (Lipinski definition) is 0. The number of hydrogen-bond acceptors (Lipinski definition) is 8. The Kier molecular flexibility index (Phi) is 19.6. The summed E-state index contributed by atoms with van der Waals surface area (Å²) in [4.78, 5) is 50.7. The molecule has 4 aromatic rings. The van der Waals surface area contributed by atoms with Gasteiger partial charge in [-0.15, -0.1) is 0 Å². The first-order valence-electron chi connectivity index (χ1n) is 21.0. The number of benzene rings is 4. The minimum Gasteiger partial charge on any atom is -0.427 e. The Morgan fingerprint density at radius 1 is 0.421 bits per heavy atom. The molecule has 0 saturated carbocycles. The van der Waals surface area contributed by atoms with E-state index in [1.807, 2.05) is 24.3 Å². The molecule has 0 saturated heterocycles. The highest BCUT2D eigenvalue weighted by atomic mass is 16.6. The minimum atomic E-state index is -0.786. The van der Waals surface area contributed by atoms with Gasteiger partial charge in [0.2, 0.25) is 0 Å². The van der Waals surface area contributed by atoms with Crippen LogP contribution in [0, 0.1) is 5.92 Å². The Labute approximate surface area is 339 Å². The second-order valence-electron chi connectivity index (χ2n) is 14.9. The molecular formula is C49H60O8. The molecule has 0 heterocycles. The van der Waals surface area contributed by atoms with Gasteiger partial charge >= 0.3 is 23.9 Å². The largest absolute Gasteiger partial charge is 0.427 e. The van der Waals surface area contributed by atoms with E-state index >= 15 is 0 Å². The summed E-state index contributed by atoms with van der Waals surface area (Å²) in [6.45, 7) is 6.03. The standard InChI is InChI=1S/C49H60O8/c1-4-6-8-10-12-14-16-18-38-20-24-40(25-21-38)48(52)56-44-30-28-42(29-31-44)54-46(50)36-37(3)47(51)55-43-32-34-45(35-33-43)57-49(53)41-26-22-39(23-27-41)19-17-15-13-11-9-7-5-2/h20-35,37H,4-19,36H2,1-3H3. The highest BCUT2D eigenvalue weighted by Crippen LogP contribution is 2.23. The maximum atomic E-state index is 12.7. The average molecular weight is 777 g/mol. The van der Waals surface area contributed by atoms with E-state index in [0.29, 0.717) is 22.6 Å². The van der Waals surface area contributed by atoms with Crippen LogP contribution in [0.4, 0.5) is 0 Å². The summed E-state index contributed by atoms with van der Waals surface area (Å²) in [6, 6.07) is 27.3. The highest BCUT2D eigenvalue weighted by Gasteiger charge is 2.21. The zero-order valence-electron chi connectivity index (χ0n) is 34.1. The van der Waals surface area contributed by atoms with Gasteiger partial charge in [-0.25, -0.2) is 9.59 Å². The van der Waals surface area contributed by atoms with Crippen LogP contribution in [0.2, 0.25) is 0 Å². The number of rotatable bonds is 25. The number of ether oxygens (including phenoxy) is 4. The van der Waals surface area contributed by atoms with Crippen LogP contribution >= 0.6 is 0 Å². The SMILES string of the molecule is CCCCCCCCCc1ccc(C(=O)Oc2ccc(OC(=O)CC(C)C(=O)Oc3ccc(OC(=O)c4ccc(CCCCCCCCC)cc4)cc3)cc2)cc1. The third-order valence-electron chi connectivity index (χ3n) is 9.91. The summed E-state index contributed by atoms with van der Waals surface area (Å²) in [5.74, 6) is -1.83. The van der Waals surface area contributed by atoms with E-state index in [-0.39, 0.29) is 17.9 Å². The van der Waals surface area contributed by atoms with Gasteiger partial charge in [-0.1, -0.05) is 122 Å². The van der Waals surface area contributed by atoms with Crippen molar-refractivity contribution in [2.45, 2.75) is 130 Å². The van der Waals surface area contributed by atoms with Gasteiger partial charge in [0, 0.05) is 0 Å². The topological polar surface area (TPSA) is 105 Å². The van der Waals surface area contributed by atoms with Gasteiger partial charge in [0.05, 0.1) is 23.5 Å². The lowest BCUT2D eigenvalue weighted by molar-refractivity contribution is -0.144. The van der Waals surface area contributed by atoms with Crippen LogP contribution in [0.15, 0.2) is 97.1 Å².